The molecule has 0 radical (unpaired) electrons. The highest BCUT2D eigenvalue weighted by Crippen LogP contribution is 2.35. The van der Waals surface area contributed by atoms with Gasteiger partial charge in [0.05, 0.1) is 6.04 Å². The van der Waals surface area contributed by atoms with Crippen molar-refractivity contribution >= 4 is 11.6 Å². The molecule has 0 amide bonds. The normalized spacial score (nSPS) is 15.9. The lowest BCUT2D eigenvalue weighted by Crippen LogP contribution is -2.54. The quantitative estimate of drug-likeness (QED) is 0.736. The third-order valence-corrected chi connectivity index (χ3v) is 4.12. The standard InChI is InChI=1S/C18H35NO2/c1-10-14(13(4)20)11-18(8,9)15(19-12(2)3)16(21)17(5,6)7/h12,14-15,19H,10-11H2,1-9H3. The van der Waals surface area contributed by atoms with Crippen LogP contribution in [-0.4, -0.2) is 23.7 Å². The first-order chi connectivity index (χ1) is 9.32. The van der Waals surface area contributed by atoms with Gasteiger partial charge in [0.2, 0.25) is 0 Å². The monoisotopic (exact) mass is 297 g/mol. The summed E-state index contributed by atoms with van der Waals surface area (Å²) in [4.78, 5) is 24.6. The summed E-state index contributed by atoms with van der Waals surface area (Å²) in [5, 5.41) is 3.43. The van der Waals surface area contributed by atoms with Crippen molar-refractivity contribution < 1.29 is 9.59 Å². The number of Topliss-reactive ketones (excluding diaryl/α,β-unsaturated/α-hetero) is 2. The third kappa shape index (κ3) is 6.29. The van der Waals surface area contributed by atoms with Crippen LogP contribution in [0.3, 0.4) is 0 Å². The molecule has 3 heteroatoms. The summed E-state index contributed by atoms with van der Waals surface area (Å²) in [5.74, 6) is 0.473. The molecule has 0 saturated heterocycles. The maximum atomic E-state index is 12.8. The molecule has 0 aromatic heterocycles. The van der Waals surface area contributed by atoms with Crippen LogP contribution in [0, 0.1) is 16.7 Å². The number of hydrogen-bond donors (Lipinski definition) is 1. The van der Waals surface area contributed by atoms with Gasteiger partial charge in [-0.1, -0.05) is 55.4 Å². The first kappa shape index (κ1) is 20.3. The molecule has 2 unspecified atom stereocenters. The second-order valence-corrected chi connectivity index (χ2v) is 8.28. The summed E-state index contributed by atoms with van der Waals surface area (Å²) in [6.45, 7) is 17.9. The highest BCUT2D eigenvalue weighted by molar-refractivity contribution is 5.89. The minimum absolute atomic E-state index is 0.0317. The predicted octanol–water partition coefficient (Wildman–Crippen LogP) is 4.00. The van der Waals surface area contributed by atoms with Crippen molar-refractivity contribution in [3.8, 4) is 0 Å². The van der Waals surface area contributed by atoms with Crippen LogP contribution in [0.25, 0.3) is 0 Å². The van der Waals surface area contributed by atoms with E-state index >= 15 is 0 Å². The van der Waals surface area contributed by atoms with E-state index in [1.165, 1.54) is 0 Å². The maximum Gasteiger partial charge on any atom is 0.155 e. The Hall–Kier alpha value is -0.700. The van der Waals surface area contributed by atoms with Gasteiger partial charge in [0, 0.05) is 17.4 Å². The molecule has 3 nitrogen and oxygen atoms in total. The van der Waals surface area contributed by atoms with E-state index in [0.29, 0.717) is 0 Å². The number of ketones is 2. The maximum absolute atomic E-state index is 12.8. The molecule has 0 aromatic rings. The van der Waals surface area contributed by atoms with Gasteiger partial charge in [-0.2, -0.15) is 0 Å². The van der Waals surface area contributed by atoms with Crippen LogP contribution in [0.4, 0.5) is 0 Å². The zero-order valence-corrected chi connectivity index (χ0v) is 15.5. The summed E-state index contributed by atoms with van der Waals surface area (Å²) in [7, 11) is 0. The number of rotatable bonds is 8. The van der Waals surface area contributed by atoms with Crippen LogP contribution in [-0.2, 0) is 9.59 Å². The van der Waals surface area contributed by atoms with E-state index in [-0.39, 0.29) is 40.4 Å². The molecule has 0 aliphatic heterocycles. The zero-order chi connectivity index (χ0) is 17.0. The molecule has 0 rings (SSSR count). The first-order valence-electron chi connectivity index (χ1n) is 8.13. The van der Waals surface area contributed by atoms with Gasteiger partial charge in [0.15, 0.2) is 5.78 Å². The second-order valence-electron chi connectivity index (χ2n) is 8.28. The molecule has 0 bridgehead atoms. The van der Waals surface area contributed by atoms with Crippen LogP contribution in [0.15, 0.2) is 0 Å². The van der Waals surface area contributed by atoms with E-state index < -0.39 is 0 Å². The molecule has 1 N–H and O–H groups in total. The Morgan fingerprint density at radius 3 is 1.81 bits per heavy atom. The highest BCUT2D eigenvalue weighted by Gasteiger charge is 2.41. The molecule has 21 heavy (non-hydrogen) atoms. The summed E-state index contributed by atoms with van der Waals surface area (Å²) in [6, 6.07) is 0.00359. The Bertz CT molecular complexity index is 364. The van der Waals surface area contributed by atoms with Crippen molar-refractivity contribution in [2.45, 2.75) is 87.2 Å². The molecule has 124 valence electrons. The van der Waals surface area contributed by atoms with E-state index in [1.807, 2.05) is 27.7 Å². The average Bonchev–Trinajstić information content (AvgIpc) is 2.30. The van der Waals surface area contributed by atoms with Gasteiger partial charge >= 0.3 is 0 Å². The first-order valence-corrected chi connectivity index (χ1v) is 8.13. The number of carbonyl (C=O) groups is 2. The average molecular weight is 297 g/mol. The van der Waals surface area contributed by atoms with Crippen molar-refractivity contribution in [2.75, 3.05) is 0 Å². The second kappa shape index (κ2) is 7.53. The molecular formula is C18H35NO2. The summed E-state index contributed by atoms with van der Waals surface area (Å²) in [5.41, 5.74) is -0.636. The minimum Gasteiger partial charge on any atom is -0.305 e. The van der Waals surface area contributed by atoms with Gasteiger partial charge in [0.1, 0.15) is 5.78 Å². The minimum atomic E-state index is -0.387. The van der Waals surface area contributed by atoms with E-state index in [0.717, 1.165) is 12.8 Å². The lowest BCUT2D eigenvalue weighted by atomic mass is 9.69. The fourth-order valence-corrected chi connectivity index (χ4v) is 2.75. The Morgan fingerprint density at radius 1 is 1.05 bits per heavy atom. The molecule has 0 fully saturated rings. The van der Waals surface area contributed by atoms with E-state index in [1.54, 1.807) is 6.92 Å². The van der Waals surface area contributed by atoms with Crippen molar-refractivity contribution in [3.63, 3.8) is 0 Å². The summed E-state index contributed by atoms with van der Waals surface area (Å²) >= 11 is 0. The van der Waals surface area contributed by atoms with Crippen LogP contribution < -0.4 is 5.32 Å². The lowest BCUT2D eigenvalue weighted by Gasteiger charge is -2.40. The number of nitrogens with one attached hydrogen (secondary N) is 1. The molecule has 0 spiro atoms. The summed E-state index contributed by atoms with van der Waals surface area (Å²) < 4.78 is 0. The fourth-order valence-electron chi connectivity index (χ4n) is 2.75. The largest absolute Gasteiger partial charge is 0.305 e. The van der Waals surface area contributed by atoms with Gasteiger partial charge in [-0.3, -0.25) is 9.59 Å². The summed E-state index contributed by atoms with van der Waals surface area (Å²) in [6.07, 6.45) is 1.57. The molecule has 0 aliphatic carbocycles. The molecule has 0 aromatic carbocycles. The SMILES string of the molecule is CCC(CC(C)(C)C(NC(C)C)C(=O)C(C)(C)C)C(C)=O. The predicted molar refractivity (Wildman–Crippen MR) is 89.4 cm³/mol. The highest BCUT2D eigenvalue weighted by atomic mass is 16.1. The third-order valence-electron chi connectivity index (χ3n) is 4.12. The topological polar surface area (TPSA) is 46.2 Å². The number of hydrogen-bond acceptors (Lipinski definition) is 3. The van der Waals surface area contributed by atoms with Gasteiger partial charge in [-0.15, -0.1) is 0 Å². The van der Waals surface area contributed by atoms with Gasteiger partial charge in [-0.25, -0.2) is 0 Å². The Morgan fingerprint density at radius 2 is 1.52 bits per heavy atom. The lowest BCUT2D eigenvalue weighted by molar-refractivity contribution is -0.133. The van der Waals surface area contributed by atoms with Gasteiger partial charge < -0.3 is 5.32 Å². The van der Waals surface area contributed by atoms with E-state index in [9.17, 15) is 9.59 Å². The van der Waals surface area contributed by atoms with Crippen molar-refractivity contribution in [1.29, 1.82) is 0 Å². The molecule has 0 saturated carbocycles. The Labute approximate surface area is 131 Å². The van der Waals surface area contributed by atoms with Crippen molar-refractivity contribution in [2.24, 2.45) is 16.7 Å². The smallest absolute Gasteiger partial charge is 0.155 e. The Kier molecular flexibility index (Phi) is 7.28. The van der Waals surface area contributed by atoms with Crippen LogP contribution >= 0.6 is 0 Å². The van der Waals surface area contributed by atoms with Gasteiger partial charge in [0.25, 0.3) is 0 Å². The molecule has 0 aliphatic rings. The van der Waals surface area contributed by atoms with Crippen LogP contribution in [0.2, 0.25) is 0 Å². The van der Waals surface area contributed by atoms with Crippen LogP contribution in [0.1, 0.15) is 75.2 Å². The van der Waals surface area contributed by atoms with E-state index in [2.05, 4.69) is 33.0 Å². The van der Waals surface area contributed by atoms with Crippen molar-refractivity contribution in [1.82, 2.24) is 5.32 Å². The van der Waals surface area contributed by atoms with Gasteiger partial charge in [-0.05, 0) is 25.2 Å². The van der Waals surface area contributed by atoms with E-state index in [4.69, 9.17) is 0 Å². The molecule has 0 heterocycles. The Balaban J connectivity index is 5.38. The molecular weight excluding hydrogens is 262 g/mol. The van der Waals surface area contributed by atoms with Crippen molar-refractivity contribution in [3.05, 3.63) is 0 Å². The zero-order valence-electron chi connectivity index (χ0n) is 15.5. The number of carbonyl (C=O) groups excluding carboxylic acids is 2. The molecule has 2 atom stereocenters. The van der Waals surface area contributed by atoms with Crippen LogP contribution in [0.5, 0.6) is 0 Å². The fraction of sp³-hybridized carbons (Fsp3) is 0.889.